The fourth-order valence-electron chi connectivity index (χ4n) is 2.31. The smallest absolute Gasteiger partial charge is 0.352 e. The molecule has 7 nitrogen and oxygen atoms in total. The topological polar surface area (TPSA) is 110 Å². The zero-order valence-corrected chi connectivity index (χ0v) is 12.4. The third-order valence-electron chi connectivity index (χ3n) is 3.36. The molecular weight excluding hydrogens is 316 g/mol. The van der Waals surface area contributed by atoms with Crippen LogP contribution in [-0.4, -0.2) is 57.4 Å². The normalized spacial score (nSPS) is 28.0. The Morgan fingerprint density at radius 3 is 2.95 bits per heavy atom. The van der Waals surface area contributed by atoms with Crippen molar-refractivity contribution < 1.29 is 24.2 Å². The van der Waals surface area contributed by atoms with Crippen LogP contribution in [0.5, 0.6) is 0 Å². The molecule has 2 atom stereocenters. The van der Waals surface area contributed by atoms with Gasteiger partial charge in [-0.1, -0.05) is 0 Å². The minimum absolute atomic E-state index is 0.0313. The second-order valence-electron chi connectivity index (χ2n) is 4.70. The minimum atomic E-state index is -1.12. The number of cyclic esters (lactones) is 1. The van der Waals surface area contributed by atoms with Crippen molar-refractivity contribution in [1.29, 1.82) is 0 Å². The number of carboxylic acids is 1. The molecule has 0 saturated carbocycles. The zero-order chi connectivity index (χ0) is 15.1. The molecule has 112 valence electrons. The molecule has 0 radical (unpaired) electrons. The van der Waals surface area contributed by atoms with Gasteiger partial charge in [0.2, 0.25) is 5.91 Å². The lowest BCUT2D eigenvalue weighted by molar-refractivity contribution is -0.147. The highest BCUT2D eigenvalue weighted by atomic mass is 32.2. The van der Waals surface area contributed by atoms with Gasteiger partial charge in [-0.3, -0.25) is 9.69 Å². The first-order valence-electron chi connectivity index (χ1n) is 6.14. The van der Waals surface area contributed by atoms with Gasteiger partial charge in [0.25, 0.3) is 0 Å². The van der Waals surface area contributed by atoms with Crippen LogP contribution in [0, 0.1) is 0 Å². The van der Waals surface area contributed by atoms with E-state index in [0.29, 0.717) is 17.1 Å². The van der Waals surface area contributed by atoms with Gasteiger partial charge in [-0.15, -0.1) is 23.5 Å². The number of nitrogens with two attached hydrogens (primary N) is 1. The van der Waals surface area contributed by atoms with Crippen LogP contribution >= 0.6 is 23.5 Å². The molecule has 0 aromatic heterocycles. The van der Waals surface area contributed by atoms with Gasteiger partial charge < -0.3 is 15.6 Å². The van der Waals surface area contributed by atoms with Gasteiger partial charge in [-0.25, -0.2) is 9.59 Å². The summed E-state index contributed by atoms with van der Waals surface area (Å²) in [7, 11) is 0. The predicted octanol–water partition coefficient (Wildman–Crippen LogP) is -0.259. The number of carbonyl (C=O) groups is 3. The molecule has 0 bridgehead atoms. The van der Waals surface area contributed by atoms with E-state index in [4.69, 9.17) is 10.5 Å². The van der Waals surface area contributed by atoms with Crippen molar-refractivity contribution in [2.75, 3.05) is 18.1 Å². The molecular formula is C12H12N2O5S2. The highest BCUT2D eigenvalue weighted by molar-refractivity contribution is 8.03. The summed E-state index contributed by atoms with van der Waals surface area (Å²) in [4.78, 5) is 36.2. The Hall–Kier alpha value is -1.45. The van der Waals surface area contributed by atoms with Crippen LogP contribution in [0.4, 0.5) is 0 Å². The Bertz CT molecular complexity index is 600. The molecule has 1 amide bonds. The minimum Gasteiger partial charge on any atom is -0.477 e. The van der Waals surface area contributed by atoms with Crippen LogP contribution in [-0.2, 0) is 19.1 Å². The van der Waals surface area contributed by atoms with Crippen molar-refractivity contribution in [2.45, 2.75) is 11.4 Å². The molecule has 0 aromatic carbocycles. The van der Waals surface area contributed by atoms with Gasteiger partial charge in [0.15, 0.2) is 0 Å². The summed E-state index contributed by atoms with van der Waals surface area (Å²) in [5, 5.41) is 9.08. The van der Waals surface area contributed by atoms with E-state index >= 15 is 0 Å². The van der Waals surface area contributed by atoms with Crippen molar-refractivity contribution in [1.82, 2.24) is 4.90 Å². The van der Waals surface area contributed by atoms with Crippen LogP contribution in [0.2, 0.25) is 0 Å². The summed E-state index contributed by atoms with van der Waals surface area (Å²) < 4.78 is 4.79. The zero-order valence-electron chi connectivity index (χ0n) is 10.8. The number of carbonyl (C=O) groups excluding carboxylic acids is 2. The number of ether oxygens (including phenoxy) is 1. The number of fused-ring (bicyclic) bond motifs is 1. The SMILES string of the molecule is N[C@@H]1C(=O)N2C(C(=O)O)=C(CSC3=CC(=O)OC3)CS[C@H]12. The Labute approximate surface area is 128 Å². The summed E-state index contributed by atoms with van der Waals surface area (Å²) in [5.74, 6) is -0.941. The van der Waals surface area contributed by atoms with E-state index in [9.17, 15) is 19.5 Å². The number of hydrogen-bond donors (Lipinski definition) is 2. The van der Waals surface area contributed by atoms with Crippen LogP contribution in [0.25, 0.3) is 0 Å². The Morgan fingerprint density at radius 1 is 1.57 bits per heavy atom. The molecule has 1 saturated heterocycles. The summed E-state index contributed by atoms with van der Waals surface area (Å²) in [6.45, 7) is 0.225. The molecule has 3 aliphatic rings. The quantitative estimate of drug-likeness (QED) is 0.536. The number of aliphatic carboxylic acids is 1. The molecule has 9 heteroatoms. The van der Waals surface area contributed by atoms with E-state index in [-0.39, 0.29) is 29.6 Å². The molecule has 0 aromatic rings. The number of amides is 1. The van der Waals surface area contributed by atoms with Crippen molar-refractivity contribution in [2.24, 2.45) is 5.73 Å². The first kappa shape index (κ1) is 14.5. The van der Waals surface area contributed by atoms with Gasteiger partial charge in [0.05, 0.1) is 0 Å². The van der Waals surface area contributed by atoms with E-state index in [1.165, 1.54) is 34.5 Å². The molecule has 3 heterocycles. The third kappa shape index (κ3) is 2.45. The second kappa shape index (κ2) is 5.39. The summed E-state index contributed by atoms with van der Waals surface area (Å²) in [5.41, 5.74) is 6.37. The molecule has 1 fully saturated rings. The Morgan fingerprint density at radius 2 is 2.33 bits per heavy atom. The number of hydrogen-bond acceptors (Lipinski definition) is 7. The molecule has 3 N–H and O–H groups in total. The average Bonchev–Trinajstić information content (AvgIpc) is 2.88. The summed E-state index contributed by atoms with van der Waals surface area (Å²) in [6.07, 6.45) is 1.40. The van der Waals surface area contributed by atoms with Gasteiger partial charge in [0.1, 0.15) is 23.7 Å². The maximum absolute atomic E-state index is 11.8. The average molecular weight is 328 g/mol. The van der Waals surface area contributed by atoms with Gasteiger partial charge in [-0.2, -0.15) is 0 Å². The third-order valence-corrected chi connectivity index (χ3v) is 5.82. The van der Waals surface area contributed by atoms with E-state index in [1.54, 1.807) is 0 Å². The number of esters is 1. The largest absolute Gasteiger partial charge is 0.477 e. The first-order chi connectivity index (χ1) is 9.99. The first-order valence-corrected chi connectivity index (χ1v) is 8.18. The Kier molecular flexibility index (Phi) is 3.72. The van der Waals surface area contributed by atoms with Crippen molar-refractivity contribution in [3.63, 3.8) is 0 Å². The lowest BCUT2D eigenvalue weighted by Crippen LogP contribution is -2.68. The van der Waals surface area contributed by atoms with Gasteiger partial charge >= 0.3 is 11.9 Å². The van der Waals surface area contributed by atoms with Crippen molar-refractivity contribution >= 4 is 41.4 Å². The highest BCUT2D eigenvalue weighted by Crippen LogP contribution is 2.40. The second-order valence-corrected chi connectivity index (χ2v) is 6.91. The van der Waals surface area contributed by atoms with E-state index in [2.05, 4.69) is 0 Å². The Balaban J connectivity index is 1.78. The predicted molar refractivity (Wildman–Crippen MR) is 77.2 cm³/mol. The highest BCUT2D eigenvalue weighted by Gasteiger charge is 2.51. The van der Waals surface area contributed by atoms with Gasteiger partial charge in [0, 0.05) is 22.5 Å². The lowest BCUT2D eigenvalue weighted by Gasteiger charge is -2.48. The molecule has 0 spiro atoms. The van der Waals surface area contributed by atoms with E-state index in [0.717, 1.165) is 4.91 Å². The number of thioether (sulfide) groups is 2. The van der Waals surface area contributed by atoms with Crippen molar-refractivity contribution in [3.8, 4) is 0 Å². The molecule has 3 aliphatic heterocycles. The van der Waals surface area contributed by atoms with Gasteiger partial charge in [-0.05, 0) is 5.57 Å². The molecule has 0 unspecified atom stereocenters. The fraction of sp³-hybridized carbons (Fsp3) is 0.417. The summed E-state index contributed by atoms with van der Waals surface area (Å²) in [6, 6.07) is -0.623. The van der Waals surface area contributed by atoms with Crippen LogP contribution < -0.4 is 5.73 Å². The van der Waals surface area contributed by atoms with Crippen LogP contribution in [0.15, 0.2) is 22.3 Å². The molecule has 21 heavy (non-hydrogen) atoms. The van der Waals surface area contributed by atoms with Crippen molar-refractivity contribution in [3.05, 3.63) is 22.3 Å². The van der Waals surface area contributed by atoms with Crippen LogP contribution in [0.1, 0.15) is 0 Å². The monoisotopic (exact) mass is 328 g/mol. The fourth-order valence-corrected chi connectivity index (χ4v) is 4.65. The lowest BCUT2D eigenvalue weighted by atomic mass is 10.0. The molecule has 0 aliphatic carbocycles. The van der Waals surface area contributed by atoms with E-state index in [1.807, 2.05) is 0 Å². The number of rotatable bonds is 4. The van der Waals surface area contributed by atoms with Crippen LogP contribution in [0.3, 0.4) is 0 Å². The molecule has 3 rings (SSSR count). The standard InChI is InChI=1S/C12H12N2O5S2/c13-8-10(16)14-9(12(17)18)5(4-21-11(8)14)3-20-6-1-7(15)19-2-6/h1,8,11H,2-4,13H2,(H,17,18)/t8-,11-/m1/s1. The van der Waals surface area contributed by atoms with E-state index < -0.39 is 12.0 Å². The number of β-lactam (4-membered cyclic amide) rings is 1. The number of nitrogens with zero attached hydrogens (tertiary/aromatic N) is 1. The maximum atomic E-state index is 11.8. The number of carboxylic acid groups (broad SMARTS) is 1. The summed E-state index contributed by atoms with van der Waals surface area (Å²) >= 11 is 2.82. The maximum Gasteiger partial charge on any atom is 0.352 e.